The zero-order valence-electron chi connectivity index (χ0n) is 9.92. The molecule has 1 heterocycles. The first kappa shape index (κ1) is 12.2. The molecule has 1 aromatic carbocycles. The van der Waals surface area contributed by atoms with Gasteiger partial charge in [0, 0.05) is 18.1 Å². The molecule has 5 heteroatoms. The highest BCUT2D eigenvalue weighted by Gasteiger charge is 2.18. The van der Waals surface area contributed by atoms with Gasteiger partial charge in [-0.05, 0) is 24.0 Å². The van der Waals surface area contributed by atoms with Crippen molar-refractivity contribution in [1.29, 1.82) is 0 Å². The third-order valence-electron chi connectivity index (χ3n) is 2.77. The minimum absolute atomic E-state index is 0.0360. The summed E-state index contributed by atoms with van der Waals surface area (Å²) < 4.78 is 1.83. The van der Waals surface area contributed by atoms with Gasteiger partial charge in [0.1, 0.15) is 0 Å². The highest BCUT2D eigenvalue weighted by Crippen LogP contribution is 2.29. The predicted octanol–water partition coefficient (Wildman–Crippen LogP) is 1.69. The predicted molar refractivity (Wildman–Crippen MR) is 70.6 cm³/mol. The minimum Gasteiger partial charge on any atom is -0.271 e. The molecule has 4 nitrogen and oxygen atoms in total. The molecule has 0 fully saturated rings. The second-order valence-electron chi connectivity index (χ2n) is 3.72. The van der Waals surface area contributed by atoms with Gasteiger partial charge in [0.2, 0.25) is 0 Å². The van der Waals surface area contributed by atoms with Gasteiger partial charge in [-0.1, -0.05) is 18.2 Å². The summed E-state index contributed by atoms with van der Waals surface area (Å²) in [5, 5.41) is 4.18. The second-order valence-corrected chi connectivity index (χ2v) is 4.57. The molecule has 1 aromatic heterocycles. The van der Waals surface area contributed by atoms with Gasteiger partial charge in [-0.25, -0.2) is 5.43 Å². The molecule has 0 bridgehead atoms. The number of aryl methyl sites for hydroxylation is 1. The van der Waals surface area contributed by atoms with E-state index in [2.05, 4.69) is 28.9 Å². The van der Waals surface area contributed by atoms with Crippen LogP contribution >= 0.6 is 11.8 Å². The lowest BCUT2D eigenvalue weighted by Crippen LogP contribution is -2.30. The van der Waals surface area contributed by atoms with Crippen molar-refractivity contribution in [2.24, 2.45) is 12.9 Å². The monoisotopic (exact) mass is 248 g/mol. The summed E-state index contributed by atoms with van der Waals surface area (Å²) >= 11 is 1.72. The quantitative estimate of drug-likeness (QED) is 0.491. The lowest BCUT2D eigenvalue weighted by atomic mass is 10.0. The number of aromatic nitrogens is 2. The van der Waals surface area contributed by atoms with Gasteiger partial charge in [0.15, 0.2) is 0 Å². The van der Waals surface area contributed by atoms with E-state index in [1.165, 1.54) is 10.5 Å². The Hall–Kier alpha value is -1.30. The van der Waals surface area contributed by atoms with E-state index in [0.717, 1.165) is 5.69 Å². The fourth-order valence-corrected chi connectivity index (χ4v) is 2.54. The summed E-state index contributed by atoms with van der Waals surface area (Å²) in [4.78, 5) is 1.22. The van der Waals surface area contributed by atoms with E-state index in [1.54, 1.807) is 18.0 Å². The van der Waals surface area contributed by atoms with Crippen LogP contribution in [-0.2, 0) is 7.05 Å². The molecule has 0 saturated heterocycles. The molecule has 17 heavy (non-hydrogen) atoms. The van der Waals surface area contributed by atoms with Crippen LogP contribution in [0.5, 0.6) is 0 Å². The molecule has 0 radical (unpaired) electrons. The van der Waals surface area contributed by atoms with Crippen LogP contribution in [0.15, 0.2) is 41.4 Å². The Labute approximate surface area is 105 Å². The third kappa shape index (κ3) is 2.36. The first-order valence-corrected chi connectivity index (χ1v) is 6.57. The van der Waals surface area contributed by atoms with Crippen molar-refractivity contribution in [3.63, 3.8) is 0 Å². The average Bonchev–Trinajstić information content (AvgIpc) is 2.78. The number of hydrogen-bond acceptors (Lipinski definition) is 4. The molecule has 0 amide bonds. The average molecular weight is 248 g/mol. The van der Waals surface area contributed by atoms with Crippen molar-refractivity contribution in [1.82, 2.24) is 15.2 Å². The van der Waals surface area contributed by atoms with E-state index in [1.807, 2.05) is 29.9 Å². The van der Waals surface area contributed by atoms with Gasteiger partial charge in [-0.3, -0.25) is 10.5 Å². The van der Waals surface area contributed by atoms with E-state index in [4.69, 9.17) is 5.84 Å². The number of benzene rings is 1. The Morgan fingerprint density at radius 3 is 2.71 bits per heavy atom. The van der Waals surface area contributed by atoms with Crippen molar-refractivity contribution in [2.45, 2.75) is 10.9 Å². The Balaban J connectivity index is 2.46. The van der Waals surface area contributed by atoms with Gasteiger partial charge in [-0.2, -0.15) is 5.10 Å². The molecule has 0 aliphatic carbocycles. The molecule has 0 spiro atoms. The van der Waals surface area contributed by atoms with Gasteiger partial charge in [0.05, 0.1) is 11.7 Å². The number of nitrogens with zero attached hydrogens (tertiary/aromatic N) is 2. The lowest BCUT2D eigenvalue weighted by Gasteiger charge is -2.19. The molecule has 90 valence electrons. The Morgan fingerprint density at radius 1 is 1.35 bits per heavy atom. The van der Waals surface area contributed by atoms with Crippen LogP contribution in [0, 0.1) is 0 Å². The largest absolute Gasteiger partial charge is 0.271 e. The van der Waals surface area contributed by atoms with Crippen LogP contribution in [-0.4, -0.2) is 16.0 Å². The van der Waals surface area contributed by atoms with Gasteiger partial charge < -0.3 is 0 Å². The zero-order chi connectivity index (χ0) is 12.3. The van der Waals surface area contributed by atoms with Gasteiger partial charge in [0.25, 0.3) is 0 Å². The normalized spacial score (nSPS) is 12.6. The lowest BCUT2D eigenvalue weighted by molar-refractivity contribution is 0.569. The zero-order valence-corrected chi connectivity index (χ0v) is 10.7. The van der Waals surface area contributed by atoms with Gasteiger partial charge in [-0.15, -0.1) is 11.8 Å². The Morgan fingerprint density at radius 2 is 2.12 bits per heavy atom. The molecular formula is C12H16N4S. The molecule has 0 saturated carbocycles. The van der Waals surface area contributed by atoms with Crippen molar-refractivity contribution < 1.29 is 0 Å². The fourth-order valence-electron chi connectivity index (χ4n) is 1.91. The fraction of sp³-hybridized carbons (Fsp3) is 0.250. The summed E-state index contributed by atoms with van der Waals surface area (Å²) in [5.74, 6) is 5.69. The van der Waals surface area contributed by atoms with Crippen LogP contribution in [0.1, 0.15) is 17.3 Å². The van der Waals surface area contributed by atoms with Crippen molar-refractivity contribution >= 4 is 11.8 Å². The van der Waals surface area contributed by atoms with E-state index in [-0.39, 0.29) is 6.04 Å². The molecule has 3 N–H and O–H groups in total. The van der Waals surface area contributed by atoms with E-state index >= 15 is 0 Å². The molecule has 0 aliphatic heterocycles. The number of nitrogens with two attached hydrogens (primary N) is 1. The first-order valence-electron chi connectivity index (χ1n) is 5.35. The summed E-state index contributed by atoms with van der Waals surface area (Å²) in [6.07, 6.45) is 3.84. The van der Waals surface area contributed by atoms with Crippen molar-refractivity contribution in [2.75, 3.05) is 6.26 Å². The van der Waals surface area contributed by atoms with E-state index < -0.39 is 0 Å². The number of hydrazine groups is 1. The summed E-state index contributed by atoms with van der Waals surface area (Å²) in [7, 11) is 1.92. The SMILES string of the molecule is CSc1ccccc1C(NN)c1ccnn1C. The van der Waals surface area contributed by atoms with Crippen LogP contribution in [0.25, 0.3) is 0 Å². The highest BCUT2D eigenvalue weighted by atomic mass is 32.2. The number of hydrogen-bond donors (Lipinski definition) is 2. The van der Waals surface area contributed by atoms with Gasteiger partial charge >= 0.3 is 0 Å². The smallest absolute Gasteiger partial charge is 0.0888 e. The van der Waals surface area contributed by atoms with Crippen LogP contribution in [0.3, 0.4) is 0 Å². The minimum atomic E-state index is -0.0360. The maximum atomic E-state index is 5.69. The molecule has 1 unspecified atom stereocenters. The first-order chi connectivity index (χ1) is 8.27. The number of rotatable bonds is 4. The van der Waals surface area contributed by atoms with Crippen LogP contribution in [0.2, 0.25) is 0 Å². The summed E-state index contributed by atoms with van der Waals surface area (Å²) in [6, 6.07) is 10.2. The molecule has 2 aromatic rings. The number of nitrogens with one attached hydrogen (secondary N) is 1. The maximum Gasteiger partial charge on any atom is 0.0888 e. The van der Waals surface area contributed by atoms with Crippen LogP contribution < -0.4 is 11.3 Å². The van der Waals surface area contributed by atoms with Crippen molar-refractivity contribution in [3.05, 3.63) is 47.8 Å². The van der Waals surface area contributed by atoms with Crippen molar-refractivity contribution in [3.8, 4) is 0 Å². The van der Waals surface area contributed by atoms with E-state index in [0.29, 0.717) is 0 Å². The Kier molecular flexibility index (Phi) is 3.83. The topological polar surface area (TPSA) is 55.9 Å². The van der Waals surface area contributed by atoms with Crippen LogP contribution in [0.4, 0.5) is 0 Å². The summed E-state index contributed by atoms with van der Waals surface area (Å²) in [5.41, 5.74) is 5.08. The molecule has 0 aliphatic rings. The Bertz CT molecular complexity index is 495. The molecule has 1 atom stereocenters. The molecular weight excluding hydrogens is 232 g/mol. The summed E-state index contributed by atoms with van der Waals surface area (Å²) in [6.45, 7) is 0. The highest BCUT2D eigenvalue weighted by molar-refractivity contribution is 7.98. The standard InChI is InChI=1S/C12H16N4S/c1-16-10(7-8-14-16)12(15-13)9-5-3-4-6-11(9)17-2/h3-8,12,15H,13H2,1-2H3. The maximum absolute atomic E-state index is 5.69. The van der Waals surface area contributed by atoms with E-state index in [9.17, 15) is 0 Å². The molecule has 2 rings (SSSR count). The second kappa shape index (κ2) is 5.35. The number of thioether (sulfide) groups is 1. The third-order valence-corrected chi connectivity index (χ3v) is 3.58.